The molecule has 0 bridgehead atoms. The fourth-order valence-electron chi connectivity index (χ4n) is 2.70. The van der Waals surface area contributed by atoms with Gasteiger partial charge in [-0.15, -0.1) is 0 Å². The van der Waals surface area contributed by atoms with E-state index in [2.05, 4.69) is 16.8 Å². The number of imidazole rings is 1. The smallest absolute Gasteiger partial charge is 0.303 e. The number of aromatic nitrogens is 2. The van der Waals surface area contributed by atoms with Crippen molar-refractivity contribution >= 4 is 23.5 Å². The van der Waals surface area contributed by atoms with Gasteiger partial charge in [-0.25, -0.2) is 4.98 Å². The second kappa shape index (κ2) is 6.61. The molecule has 2 aromatic rings. The molecule has 1 aromatic heterocycles. The van der Waals surface area contributed by atoms with Crippen LogP contribution in [0, 0.1) is 11.8 Å². The summed E-state index contributed by atoms with van der Waals surface area (Å²) in [5, 5.41) is 0.395. The van der Waals surface area contributed by atoms with E-state index in [1.54, 1.807) is 37.3 Å². The van der Waals surface area contributed by atoms with Crippen molar-refractivity contribution < 1.29 is 14.3 Å². The first-order chi connectivity index (χ1) is 11.9. The van der Waals surface area contributed by atoms with Crippen LogP contribution in [-0.4, -0.2) is 39.5 Å². The standard InChI is InChI=1S/C18H16ClN3O3/c1-11(25-12(2)23)7-8-14-16-9-21(3)18(24)17-13(19)5-4-6-15(17)22(16)10-20-14/h4-6,10-11H,9H2,1-3H3. The monoisotopic (exact) mass is 357 g/mol. The molecule has 1 aliphatic heterocycles. The summed E-state index contributed by atoms with van der Waals surface area (Å²) in [5.74, 6) is 5.24. The van der Waals surface area contributed by atoms with Crippen molar-refractivity contribution in [1.29, 1.82) is 0 Å². The van der Waals surface area contributed by atoms with Crippen LogP contribution in [0.2, 0.25) is 5.02 Å². The van der Waals surface area contributed by atoms with E-state index in [-0.39, 0.29) is 11.9 Å². The van der Waals surface area contributed by atoms with Crippen molar-refractivity contribution in [1.82, 2.24) is 14.5 Å². The average molecular weight is 358 g/mol. The van der Waals surface area contributed by atoms with Crippen molar-refractivity contribution in [2.24, 2.45) is 0 Å². The van der Waals surface area contributed by atoms with Crippen LogP contribution < -0.4 is 0 Å². The van der Waals surface area contributed by atoms with Crippen molar-refractivity contribution in [3.63, 3.8) is 0 Å². The Labute approximate surface area is 150 Å². The lowest BCUT2D eigenvalue weighted by Crippen LogP contribution is -2.25. The maximum absolute atomic E-state index is 12.6. The summed E-state index contributed by atoms with van der Waals surface area (Å²) < 4.78 is 6.82. The highest BCUT2D eigenvalue weighted by Crippen LogP contribution is 2.30. The van der Waals surface area contributed by atoms with Crippen LogP contribution in [0.1, 0.15) is 35.6 Å². The number of fused-ring (bicyclic) bond motifs is 3. The van der Waals surface area contributed by atoms with Crippen LogP contribution in [0.5, 0.6) is 0 Å². The van der Waals surface area contributed by atoms with Crippen molar-refractivity contribution in [3.05, 3.63) is 46.5 Å². The van der Waals surface area contributed by atoms with Crippen LogP contribution in [0.3, 0.4) is 0 Å². The minimum Gasteiger partial charge on any atom is -0.450 e. The predicted molar refractivity (Wildman–Crippen MR) is 92.5 cm³/mol. The molecule has 0 aliphatic carbocycles. The topological polar surface area (TPSA) is 64.4 Å². The van der Waals surface area contributed by atoms with Gasteiger partial charge in [-0.05, 0) is 25.0 Å². The maximum atomic E-state index is 12.6. The number of carbonyl (C=O) groups excluding carboxylic acids is 2. The molecule has 7 heteroatoms. The number of carbonyl (C=O) groups is 2. The van der Waals surface area contributed by atoms with Gasteiger partial charge in [0.25, 0.3) is 5.91 Å². The second-order valence-electron chi connectivity index (χ2n) is 5.73. The van der Waals surface area contributed by atoms with Gasteiger partial charge in [-0.1, -0.05) is 23.6 Å². The van der Waals surface area contributed by atoms with Crippen LogP contribution in [0.15, 0.2) is 24.5 Å². The number of amides is 1. The summed E-state index contributed by atoms with van der Waals surface area (Å²) in [4.78, 5) is 29.5. The zero-order valence-electron chi connectivity index (χ0n) is 14.0. The Balaban J connectivity index is 2.07. The molecule has 1 atom stereocenters. The number of halogens is 1. The SMILES string of the molecule is CC(=O)OC(C)C#Cc1ncn2c1CN(C)C(=O)c1c(Cl)cccc1-2. The average Bonchev–Trinajstić information content (AvgIpc) is 2.89. The lowest BCUT2D eigenvalue weighted by atomic mass is 10.1. The highest BCUT2D eigenvalue weighted by Gasteiger charge is 2.27. The van der Waals surface area contributed by atoms with Crippen LogP contribution in [0.4, 0.5) is 0 Å². The molecule has 0 N–H and O–H groups in total. The summed E-state index contributed by atoms with van der Waals surface area (Å²) in [7, 11) is 1.71. The number of esters is 1. The summed E-state index contributed by atoms with van der Waals surface area (Å²) in [6.45, 7) is 3.37. The minimum absolute atomic E-state index is 0.156. The molecular formula is C18H16ClN3O3. The highest BCUT2D eigenvalue weighted by molar-refractivity contribution is 6.34. The summed E-state index contributed by atoms with van der Waals surface area (Å²) in [6, 6.07) is 5.30. The van der Waals surface area contributed by atoms with Gasteiger partial charge in [-0.3, -0.25) is 14.2 Å². The third-order valence-corrected chi connectivity index (χ3v) is 4.12. The molecule has 3 rings (SSSR count). The third-order valence-electron chi connectivity index (χ3n) is 3.80. The third kappa shape index (κ3) is 3.24. The first-order valence-electron chi connectivity index (χ1n) is 7.67. The van der Waals surface area contributed by atoms with Crippen molar-refractivity contribution in [2.75, 3.05) is 7.05 Å². The molecule has 1 aliphatic rings. The zero-order chi connectivity index (χ0) is 18.1. The number of hydrogen-bond donors (Lipinski definition) is 0. The molecule has 1 amide bonds. The molecule has 0 saturated carbocycles. The predicted octanol–water partition coefficient (Wildman–Crippen LogP) is 2.41. The fraction of sp³-hybridized carbons (Fsp3) is 0.278. The molecule has 0 spiro atoms. The molecular weight excluding hydrogens is 342 g/mol. The summed E-state index contributed by atoms with van der Waals surface area (Å²) in [6.07, 6.45) is 1.08. The Bertz CT molecular complexity index is 923. The Morgan fingerprint density at radius 3 is 2.92 bits per heavy atom. The Morgan fingerprint density at radius 1 is 1.44 bits per heavy atom. The lowest BCUT2D eigenvalue weighted by Gasteiger charge is -2.14. The van der Waals surface area contributed by atoms with Crippen LogP contribution in [-0.2, 0) is 16.1 Å². The van der Waals surface area contributed by atoms with E-state index in [9.17, 15) is 9.59 Å². The number of ether oxygens (including phenoxy) is 1. The van der Waals surface area contributed by atoms with Gasteiger partial charge in [0.2, 0.25) is 0 Å². The number of hydrogen-bond acceptors (Lipinski definition) is 4. The molecule has 0 saturated heterocycles. The summed E-state index contributed by atoms with van der Waals surface area (Å²) >= 11 is 6.24. The minimum atomic E-state index is -0.540. The summed E-state index contributed by atoms with van der Waals surface area (Å²) in [5.41, 5.74) is 2.42. The number of nitrogens with zero attached hydrogens (tertiary/aromatic N) is 3. The molecule has 6 nitrogen and oxygen atoms in total. The molecule has 25 heavy (non-hydrogen) atoms. The van der Waals surface area contributed by atoms with E-state index < -0.39 is 6.10 Å². The van der Waals surface area contributed by atoms with E-state index >= 15 is 0 Å². The lowest BCUT2D eigenvalue weighted by molar-refractivity contribution is -0.143. The number of benzene rings is 1. The van der Waals surface area contributed by atoms with E-state index in [0.717, 1.165) is 5.69 Å². The van der Waals surface area contributed by atoms with Gasteiger partial charge in [0.15, 0.2) is 6.10 Å². The van der Waals surface area contributed by atoms with E-state index in [4.69, 9.17) is 16.3 Å². The van der Waals surface area contributed by atoms with E-state index in [1.165, 1.54) is 6.92 Å². The van der Waals surface area contributed by atoms with E-state index in [1.807, 2.05) is 10.6 Å². The molecule has 0 radical (unpaired) electrons. The van der Waals surface area contributed by atoms with Gasteiger partial charge >= 0.3 is 5.97 Å². The van der Waals surface area contributed by atoms with Gasteiger partial charge < -0.3 is 9.64 Å². The van der Waals surface area contributed by atoms with Crippen molar-refractivity contribution in [3.8, 4) is 17.5 Å². The molecule has 128 valence electrons. The van der Waals surface area contributed by atoms with Gasteiger partial charge in [0.1, 0.15) is 12.0 Å². The molecule has 1 aromatic carbocycles. The second-order valence-corrected chi connectivity index (χ2v) is 6.13. The first kappa shape index (κ1) is 17.1. The Morgan fingerprint density at radius 2 is 2.20 bits per heavy atom. The van der Waals surface area contributed by atoms with E-state index in [0.29, 0.717) is 28.5 Å². The first-order valence-corrected chi connectivity index (χ1v) is 8.05. The fourth-order valence-corrected chi connectivity index (χ4v) is 2.95. The van der Waals surface area contributed by atoms with Gasteiger partial charge in [0, 0.05) is 14.0 Å². The zero-order valence-corrected chi connectivity index (χ0v) is 14.8. The van der Waals surface area contributed by atoms with Gasteiger partial charge in [0.05, 0.1) is 28.5 Å². The maximum Gasteiger partial charge on any atom is 0.303 e. The molecule has 1 unspecified atom stereocenters. The van der Waals surface area contributed by atoms with Gasteiger partial charge in [-0.2, -0.15) is 0 Å². The van der Waals surface area contributed by atoms with Crippen molar-refractivity contribution in [2.45, 2.75) is 26.5 Å². The highest BCUT2D eigenvalue weighted by atomic mass is 35.5. The molecule has 0 fully saturated rings. The molecule has 2 heterocycles. The normalized spacial score (nSPS) is 13.9. The Kier molecular flexibility index (Phi) is 4.51. The van der Waals surface area contributed by atoms with Crippen LogP contribution >= 0.6 is 11.6 Å². The largest absolute Gasteiger partial charge is 0.450 e. The van der Waals surface area contributed by atoms with Crippen LogP contribution in [0.25, 0.3) is 5.69 Å². The number of rotatable bonds is 1. The Hall–Kier alpha value is -2.78. The quantitative estimate of drug-likeness (QED) is 0.580.